The lowest BCUT2D eigenvalue weighted by molar-refractivity contribution is 0.174. The molecule has 1 aromatic heterocycles. The summed E-state index contributed by atoms with van der Waals surface area (Å²) in [6, 6.07) is 16.4. The molecule has 2 aromatic carbocycles. The number of para-hydroxylation sites is 1. The highest BCUT2D eigenvalue weighted by atomic mass is 16.3. The summed E-state index contributed by atoms with van der Waals surface area (Å²) in [5.41, 5.74) is 4.47. The maximum Gasteiger partial charge on any atom is 0.0729 e. The zero-order valence-electron chi connectivity index (χ0n) is 12.5. The van der Waals surface area contributed by atoms with Crippen molar-refractivity contribution in [1.29, 1.82) is 0 Å². The molecule has 1 N–H and O–H groups in total. The smallest absolute Gasteiger partial charge is 0.0729 e. The Morgan fingerprint density at radius 2 is 1.90 bits per heavy atom. The first-order valence-corrected chi connectivity index (χ1v) is 7.27. The highest BCUT2D eigenvalue weighted by Gasteiger charge is 2.13. The van der Waals surface area contributed by atoms with E-state index in [1.807, 2.05) is 29.9 Å². The summed E-state index contributed by atoms with van der Waals surface area (Å²) >= 11 is 0. The number of hydrogen-bond donors (Lipinski definition) is 1. The van der Waals surface area contributed by atoms with E-state index < -0.39 is 6.10 Å². The average molecular weight is 280 g/mol. The number of hydrogen-bond acceptors (Lipinski definition) is 2. The van der Waals surface area contributed by atoms with Gasteiger partial charge < -0.3 is 5.11 Å². The molecular weight excluding hydrogens is 260 g/mol. The van der Waals surface area contributed by atoms with Gasteiger partial charge in [0.1, 0.15) is 0 Å². The predicted octanol–water partition coefficient (Wildman–Crippen LogP) is 3.03. The molecule has 1 heterocycles. The van der Waals surface area contributed by atoms with Crippen molar-refractivity contribution < 1.29 is 5.11 Å². The Morgan fingerprint density at radius 1 is 1.10 bits per heavy atom. The van der Waals surface area contributed by atoms with Crippen molar-refractivity contribution in [3.05, 3.63) is 65.4 Å². The van der Waals surface area contributed by atoms with Crippen LogP contribution in [0.15, 0.2) is 48.5 Å². The second kappa shape index (κ2) is 5.70. The molecule has 1 atom stereocenters. The summed E-state index contributed by atoms with van der Waals surface area (Å²) in [7, 11) is 1.94. The second-order valence-corrected chi connectivity index (χ2v) is 5.64. The number of aliphatic hydroxyl groups excluding tert-OH is 1. The number of aryl methyl sites for hydroxylation is 2. The minimum Gasteiger partial charge on any atom is -0.392 e. The van der Waals surface area contributed by atoms with E-state index in [-0.39, 0.29) is 0 Å². The number of benzene rings is 2. The van der Waals surface area contributed by atoms with E-state index in [4.69, 9.17) is 0 Å². The molecule has 0 bridgehead atoms. The molecule has 0 aliphatic carbocycles. The van der Waals surface area contributed by atoms with Crippen LogP contribution in [-0.4, -0.2) is 21.0 Å². The highest BCUT2D eigenvalue weighted by Crippen LogP contribution is 2.19. The van der Waals surface area contributed by atoms with Crippen LogP contribution in [0.5, 0.6) is 0 Å². The number of rotatable bonds is 4. The van der Waals surface area contributed by atoms with Crippen molar-refractivity contribution >= 4 is 10.9 Å². The molecule has 108 valence electrons. The summed E-state index contributed by atoms with van der Waals surface area (Å²) in [5.74, 6) is 0. The third-order valence-corrected chi connectivity index (χ3v) is 3.82. The molecular formula is C18H20N2O. The van der Waals surface area contributed by atoms with Gasteiger partial charge in [-0.2, -0.15) is 5.10 Å². The minimum absolute atomic E-state index is 0.412. The largest absolute Gasteiger partial charge is 0.392 e. The van der Waals surface area contributed by atoms with Gasteiger partial charge in [-0.3, -0.25) is 4.68 Å². The van der Waals surface area contributed by atoms with Crippen molar-refractivity contribution in [3.63, 3.8) is 0 Å². The molecule has 0 spiro atoms. The monoisotopic (exact) mass is 280 g/mol. The molecule has 3 heteroatoms. The minimum atomic E-state index is -0.412. The maximum absolute atomic E-state index is 10.4. The Bertz CT molecular complexity index is 761. The lowest BCUT2D eigenvalue weighted by atomic mass is 10.0. The number of aliphatic hydroxyl groups is 1. The summed E-state index contributed by atoms with van der Waals surface area (Å²) in [5, 5.41) is 16.0. The van der Waals surface area contributed by atoms with Gasteiger partial charge >= 0.3 is 0 Å². The van der Waals surface area contributed by atoms with Crippen LogP contribution in [0, 0.1) is 6.92 Å². The van der Waals surface area contributed by atoms with Crippen LogP contribution in [0.4, 0.5) is 0 Å². The Labute approximate surface area is 124 Å². The van der Waals surface area contributed by atoms with Gasteiger partial charge in [0.15, 0.2) is 0 Å². The molecule has 21 heavy (non-hydrogen) atoms. The molecule has 3 rings (SSSR count). The zero-order valence-corrected chi connectivity index (χ0v) is 12.5. The van der Waals surface area contributed by atoms with Gasteiger partial charge in [0.05, 0.1) is 17.3 Å². The van der Waals surface area contributed by atoms with Gasteiger partial charge in [-0.1, -0.05) is 48.0 Å². The van der Waals surface area contributed by atoms with Gasteiger partial charge in [-0.15, -0.1) is 0 Å². The normalized spacial score (nSPS) is 12.7. The van der Waals surface area contributed by atoms with Gasteiger partial charge in [0, 0.05) is 18.9 Å². The topological polar surface area (TPSA) is 38.1 Å². The number of nitrogens with zero attached hydrogens (tertiary/aromatic N) is 2. The standard InChI is InChI=1S/C18H20N2O/c1-13-6-5-7-14(10-13)11-15(21)12-17-16-8-3-4-9-18(16)20(2)19-17/h3-10,15,21H,11-12H2,1-2H3. The fourth-order valence-electron chi connectivity index (χ4n) is 2.85. The SMILES string of the molecule is Cc1cccc(CC(O)Cc2nn(C)c3ccccc23)c1. The van der Waals surface area contributed by atoms with E-state index >= 15 is 0 Å². The van der Waals surface area contributed by atoms with E-state index in [0.717, 1.165) is 16.6 Å². The van der Waals surface area contributed by atoms with Crippen LogP contribution < -0.4 is 0 Å². The summed E-state index contributed by atoms with van der Waals surface area (Å²) < 4.78 is 1.88. The Hall–Kier alpha value is -2.13. The zero-order chi connectivity index (χ0) is 14.8. The van der Waals surface area contributed by atoms with Gasteiger partial charge in [-0.25, -0.2) is 0 Å². The lowest BCUT2D eigenvalue weighted by Crippen LogP contribution is -2.14. The molecule has 0 radical (unpaired) electrons. The van der Waals surface area contributed by atoms with Crippen molar-refractivity contribution in [2.24, 2.45) is 7.05 Å². The van der Waals surface area contributed by atoms with Crippen LogP contribution in [0.3, 0.4) is 0 Å². The molecule has 0 aliphatic heterocycles. The van der Waals surface area contributed by atoms with Crippen LogP contribution in [0.2, 0.25) is 0 Å². The third-order valence-electron chi connectivity index (χ3n) is 3.82. The van der Waals surface area contributed by atoms with Crippen LogP contribution in [0.1, 0.15) is 16.8 Å². The first-order chi connectivity index (χ1) is 10.1. The van der Waals surface area contributed by atoms with E-state index in [0.29, 0.717) is 12.8 Å². The average Bonchev–Trinajstić information content (AvgIpc) is 2.76. The number of aromatic nitrogens is 2. The molecule has 0 amide bonds. The molecule has 1 unspecified atom stereocenters. The van der Waals surface area contributed by atoms with Crippen molar-refractivity contribution in [3.8, 4) is 0 Å². The van der Waals surface area contributed by atoms with Crippen molar-refractivity contribution in [2.75, 3.05) is 0 Å². The first-order valence-electron chi connectivity index (χ1n) is 7.27. The summed E-state index contributed by atoms with van der Waals surface area (Å²) in [6.07, 6.45) is 0.826. The highest BCUT2D eigenvalue weighted by molar-refractivity contribution is 5.81. The fraction of sp³-hybridized carbons (Fsp3) is 0.278. The number of fused-ring (bicyclic) bond motifs is 1. The van der Waals surface area contributed by atoms with E-state index in [2.05, 4.69) is 42.4 Å². The van der Waals surface area contributed by atoms with E-state index in [1.165, 1.54) is 11.1 Å². The van der Waals surface area contributed by atoms with Crippen LogP contribution >= 0.6 is 0 Å². The van der Waals surface area contributed by atoms with Crippen LogP contribution in [-0.2, 0) is 19.9 Å². The molecule has 3 nitrogen and oxygen atoms in total. The first kappa shape index (κ1) is 13.8. The summed E-state index contributed by atoms with van der Waals surface area (Å²) in [4.78, 5) is 0. The van der Waals surface area contributed by atoms with Gasteiger partial charge in [-0.05, 0) is 25.0 Å². The van der Waals surface area contributed by atoms with Gasteiger partial charge in [0.25, 0.3) is 0 Å². The Balaban J connectivity index is 1.79. The summed E-state index contributed by atoms with van der Waals surface area (Å²) in [6.45, 7) is 2.07. The maximum atomic E-state index is 10.4. The van der Waals surface area contributed by atoms with E-state index in [1.54, 1.807) is 0 Å². The lowest BCUT2D eigenvalue weighted by Gasteiger charge is -2.10. The molecule has 3 aromatic rings. The molecule has 0 aliphatic rings. The molecule has 0 saturated carbocycles. The van der Waals surface area contributed by atoms with Crippen molar-refractivity contribution in [1.82, 2.24) is 9.78 Å². The Morgan fingerprint density at radius 3 is 2.71 bits per heavy atom. The van der Waals surface area contributed by atoms with Gasteiger partial charge in [0.2, 0.25) is 0 Å². The molecule has 0 saturated heterocycles. The fourth-order valence-corrected chi connectivity index (χ4v) is 2.85. The van der Waals surface area contributed by atoms with Crippen molar-refractivity contribution in [2.45, 2.75) is 25.9 Å². The quantitative estimate of drug-likeness (QED) is 0.797. The third kappa shape index (κ3) is 2.98. The predicted molar refractivity (Wildman–Crippen MR) is 85.3 cm³/mol. The molecule has 0 fully saturated rings. The van der Waals surface area contributed by atoms with E-state index in [9.17, 15) is 5.11 Å². The Kier molecular flexibility index (Phi) is 3.76. The second-order valence-electron chi connectivity index (χ2n) is 5.64. The van der Waals surface area contributed by atoms with Crippen LogP contribution in [0.25, 0.3) is 10.9 Å².